The number of terminal acetylenes is 1. The van der Waals surface area contributed by atoms with Crippen molar-refractivity contribution in [2.75, 3.05) is 18.4 Å². The van der Waals surface area contributed by atoms with E-state index < -0.39 is 5.41 Å². The van der Waals surface area contributed by atoms with E-state index in [4.69, 9.17) is 11.2 Å². The number of carbonyl (C=O) groups excluding carboxylic acids is 2. The molecule has 4 rings (SSSR count). The molecule has 0 bridgehead atoms. The third kappa shape index (κ3) is 6.08. The molecule has 2 fully saturated rings. The fraction of sp³-hybridized carbons (Fsp3) is 0.500. The first kappa shape index (κ1) is 25.8. The lowest BCUT2D eigenvalue weighted by Crippen LogP contribution is -2.86. The number of nitrogens with one attached hydrogen (secondary N) is 1. The molecule has 2 saturated carbocycles. The van der Waals surface area contributed by atoms with Gasteiger partial charge in [0.1, 0.15) is 11.9 Å². The van der Waals surface area contributed by atoms with Crippen molar-refractivity contribution in [3.05, 3.63) is 54.2 Å². The molecule has 2 aliphatic rings. The van der Waals surface area contributed by atoms with E-state index in [9.17, 15) is 14.0 Å². The molecule has 3 unspecified atom stereocenters. The molecule has 0 saturated heterocycles. The SMILES string of the molecule is C#CC1CC(OC(=O)C2(c3cccc(F)c3)CCCCCC2)C1CC[NH2+]CC(=O)Nc1cnccn1. The largest absolute Gasteiger partial charge is 0.461 e. The molecule has 0 spiro atoms. The van der Waals surface area contributed by atoms with Crippen LogP contribution in [-0.2, 0) is 19.7 Å². The Morgan fingerprint density at radius 1 is 1.22 bits per heavy atom. The summed E-state index contributed by atoms with van der Waals surface area (Å²) in [7, 11) is 0. The van der Waals surface area contributed by atoms with Gasteiger partial charge in [0, 0.05) is 30.7 Å². The minimum absolute atomic E-state index is 0.0453. The van der Waals surface area contributed by atoms with Crippen molar-refractivity contribution in [1.82, 2.24) is 9.97 Å². The number of nitrogens with zero attached hydrogens (tertiary/aromatic N) is 2. The van der Waals surface area contributed by atoms with Crippen LogP contribution in [0.25, 0.3) is 0 Å². The molecular formula is C28H34FN4O3+. The van der Waals surface area contributed by atoms with Crippen molar-refractivity contribution in [2.24, 2.45) is 11.8 Å². The highest BCUT2D eigenvalue weighted by atomic mass is 19.1. The van der Waals surface area contributed by atoms with Crippen LogP contribution in [0.4, 0.5) is 10.2 Å². The van der Waals surface area contributed by atoms with Gasteiger partial charge in [-0.25, -0.2) is 9.37 Å². The van der Waals surface area contributed by atoms with Gasteiger partial charge in [0.2, 0.25) is 0 Å². The molecular weight excluding hydrogens is 459 g/mol. The molecule has 1 heterocycles. The number of rotatable bonds is 9. The van der Waals surface area contributed by atoms with Gasteiger partial charge in [0.05, 0.1) is 18.2 Å². The number of quaternary nitrogens is 1. The fourth-order valence-corrected chi connectivity index (χ4v) is 5.46. The number of carbonyl (C=O) groups is 2. The molecule has 8 heteroatoms. The number of hydrogen-bond acceptors (Lipinski definition) is 5. The van der Waals surface area contributed by atoms with E-state index in [1.54, 1.807) is 12.3 Å². The van der Waals surface area contributed by atoms with E-state index in [1.165, 1.54) is 24.5 Å². The molecule has 0 radical (unpaired) electrons. The highest BCUT2D eigenvalue weighted by Gasteiger charge is 2.48. The average Bonchev–Trinajstić information content (AvgIpc) is 3.14. The van der Waals surface area contributed by atoms with E-state index >= 15 is 0 Å². The molecule has 1 aromatic heterocycles. The molecule has 1 aromatic carbocycles. The summed E-state index contributed by atoms with van der Waals surface area (Å²) < 4.78 is 20.2. The number of hydrogen-bond donors (Lipinski definition) is 2. The van der Waals surface area contributed by atoms with E-state index in [1.807, 2.05) is 11.4 Å². The molecule has 36 heavy (non-hydrogen) atoms. The number of benzene rings is 1. The summed E-state index contributed by atoms with van der Waals surface area (Å²) in [5.74, 6) is 2.58. The number of ether oxygens (including phenoxy) is 1. The zero-order valence-electron chi connectivity index (χ0n) is 20.5. The second kappa shape index (κ2) is 12.1. The highest BCUT2D eigenvalue weighted by molar-refractivity contribution is 5.90. The Hall–Kier alpha value is -3.31. The monoisotopic (exact) mass is 493 g/mol. The predicted octanol–water partition coefficient (Wildman–Crippen LogP) is 2.98. The third-order valence-corrected chi connectivity index (χ3v) is 7.54. The lowest BCUT2D eigenvalue weighted by atomic mass is 9.69. The molecule has 7 nitrogen and oxygen atoms in total. The molecule has 3 atom stereocenters. The number of nitrogens with two attached hydrogens (primary N) is 1. The van der Waals surface area contributed by atoms with Gasteiger partial charge in [-0.2, -0.15) is 0 Å². The average molecular weight is 494 g/mol. The van der Waals surface area contributed by atoms with Crippen molar-refractivity contribution in [1.29, 1.82) is 0 Å². The van der Waals surface area contributed by atoms with Gasteiger partial charge in [0.15, 0.2) is 12.4 Å². The van der Waals surface area contributed by atoms with Crippen LogP contribution >= 0.6 is 0 Å². The van der Waals surface area contributed by atoms with Crippen LogP contribution < -0.4 is 10.6 Å². The second-order valence-electron chi connectivity index (χ2n) is 9.83. The standard InChI is InChI=1S/C28H33FN4O3/c1-2-20-16-24(23(20)10-13-30-19-26(34)33-25-18-31-14-15-32-25)36-27(35)28(11-5-3-4-6-12-28)21-8-7-9-22(29)17-21/h1,7-9,14-15,17-18,20,23-24,30H,3-6,10-13,16,19H2,(H,32,33,34)/p+1. The van der Waals surface area contributed by atoms with Crippen molar-refractivity contribution >= 4 is 17.7 Å². The third-order valence-electron chi connectivity index (χ3n) is 7.54. The van der Waals surface area contributed by atoms with Crippen LogP contribution in [0.3, 0.4) is 0 Å². The van der Waals surface area contributed by atoms with E-state index in [2.05, 4.69) is 21.2 Å². The first-order valence-corrected chi connectivity index (χ1v) is 12.8. The van der Waals surface area contributed by atoms with Crippen molar-refractivity contribution in [3.63, 3.8) is 0 Å². The minimum atomic E-state index is -0.811. The maximum atomic E-state index is 14.1. The Balaban J connectivity index is 1.34. The molecule has 2 aliphatic carbocycles. The number of anilines is 1. The van der Waals surface area contributed by atoms with Crippen LogP contribution in [0.1, 0.15) is 56.9 Å². The molecule has 0 aliphatic heterocycles. The zero-order valence-corrected chi connectivity index (χ0v) is 20.5. The molecule has 190 valence electrons. The van der Waals surface area contributed by atoms with Gasteiger partial charge < -0.3 is 15.4 Å². The van der Waals surface area contributed by atoms with Gasteiger partial charge in [-0.15, -0.1) is 12.3 Å². The summed E-state index contributed by atoms with van der Waals surface area (Å²) in [6.07, 6.45) is 16.7. The van der Waals surface area contributed by atoms with Crippen LogP contribution in [0.2, 0.25) is 0 Å². The summed E-state index contributed by atoms with van der Waals surface area (Å²) in [5, 5.41) is 4.62. The summed E-state index contributed by atoms with van der Waals surface area (Å²) in [4.78, 5) is 33.7. The van der Waals surface area contributed by atoms with Crippen molar-refractivity contribution < 1.29 is 24.0 Å². The van der Waals surface area contributed by atoms with Crippen LogP contribution in [0.15, 0.2) is 42.9 Å². The van der Waals surface area contributed by atoms with Gasteiger partial charge in [-0.1, -0.05) is 37.8 Å². The maximum absolute atomic E-state index is 14.1. The Kier molecular flexibility index (Phi) is 8.65. The van der Waals surface area contributed by atoms with Crippen LogP contribution in [0.5, 0.6) is 0 Å². The number of amides is 1. The zero-order chi connectivity index (χ0) is 25.4. The summed E-state index contributed by atoms with van der Waals surface area (Å²) in [6, 6.07) is 6.40. The summed E-state index contributed by atoms with van der Waals surface area (Å²) in [5.41, 5.74) is -0.101. The smallest absolute Gasteiger partial charge is 0.316 e. The summed E-state index contributed by atoms with van der Waals surface area (Å²) in [6.45, 7) is 0.928. The van der Waals surface area contributed by atoms with Crippen LogP contribution in [-0.4, -0.2) is 41.0 Å². The number of esters is 1. The molecule has 3 N–H and O–H groups in total. The Labute approximate surface area is 211 Å². The Morgan fingerprint density at radius 3 is 2.72 bits per heavy atom. The van der Waals surface area contributed by atoms with E-state index in [0.717, 1.165) is 32.1 Å². The first-order chi connectivity index (χ1) is 17.5. The van der Waals surface area contributed by atoms with E-state index in [-0.39, 0.29) is 42.2 Å². The summed E-state index contributed by atoms with van der Waals surface area (Å²) >= 11 is 0. The highest BCUT2D eigenvalue weighted by Crippen LogP contribution is 2.44. The van der Waals surface area contributed by atoms with E-state index in [0.29, 0.717) is 37.2 Å². The van der Waals surface area contributed by atoms with Crippen molar-refractivity contribution in [2.45, 2.75) is 62.9 Å². The topological polar surface area (TPSA) is 97.8 Å². The maximum Gasteiger partial charge on any atom is 0.316 e. The van der Waals surface area contributed by atoms with Gasteiger partial charge in [-0.05, 0) is 37.0 Å². The quantitative estimate of drug-likeness (QED) is 0.242. The Morgan fingerprint density at radius 2 is 2.03 bits per heavy atom. The van der Waals surface area contributed by atoms with Gasteiger partial charge in [0.25, 0.3) is 5.91 Å². The number of aromatic nitrogens is 2. The predicted molar refractivity (Wildman–Crippen MR) is 133 cm³/mol. The molecule has 2 aromatic rings. The Bertz CT molecular complexity index is 1080. The first-order valence-electron chi connectivity index (χ1n) is 12.8. The van der Waals surface area contributed by atoms with Crippen LogP contribution in [0, 0.1) is 30.0 Å². The lowest BCUT2D eigenvalue weighted by Gasteiger charge is -2.43. The number of halogens is 1. The van der Waals surface area contributed by atoms with Crippen molar-refractivity contribution in [3.8, 4) is 12.3 Å². The minimum Gasteiger partial charge on any atom is -0.461 e. The lowest BCUT2D eigenvalue weighted by molar-refractivity contribution is -0.645. The normalized spacial score (nSPS) is 22.9. The fourth-order valence-electron chi connectivity index (χ4n) is 5.46. The van der Waals surface area contributed by atoms with Gasteiger partial charge in [-0.3, -0.25) is 14.6 Å². The molecule has 1 amide bonds. The van der Waals surface area contributed by atoms with Gasteiger partial charge >= 0.3 is 5.97 Å². The second-order valence-corrected chi connectivity index (χ2v) is 9.83.